The Hall–Kier alpha value is -1.14. The van der Waals surface area contributed by atoms with Gasteiger partial charge in [-0.2, -0.15) is 0 Å². The molecule has 0 saturated carbocycles. The number of amides is 3. The van der Waals surface area contributed by atoms with Crippen molar-refractivity contribution in [2.45, 2.75) is 5.60 Å². The third kappa shape index (κ3) is 1.78. The second kappa shape index (κ2) is 3.71. The van der Waals surface area contributed by atoms with E-state index in [-0.39, 0.29) is 13.2 Å². The lowest BCUT2D eigenvalue weighted by atomic mass is 10.0. The molecule has 1 unspecified atom stereocenters. The van der Waals surface area contributed by atoms with Crippen LogP contribution in [0.3, 0.4) is 0 Å². The number of hydrogen-bond donors (Lipinski definition) is 2. The number of carbonyl (C=O) groups excluding carboxylic acids is 2. The van der Waals surface area contributed by atoms with Crippen LogP contribution in [0.25, 0.3) is 0 Å². The molecule has 13 heavy (non-hydrogen) atoms. The topological polar surface area (TPSA) is 76.7 Å². The summed E-state index contributed by atoms with van der Waals surface area (Å²) >= 11 is 0. The van der Waals surface area contributed by atoms with Crippen LogP contribution in [0.4, 0.5) is 4.79 Å². The normalized spacial score (nSPS) is 28.2. The fraction of sp³-hybridized carbons (Fsp3) is 0.714. The molecule has 1 rings (SSSR count). The molecule has 0 radical (unpaired) electrons. The van der Waals surface area contributed by atoms with Gasteiger partial charge in [-0.3, -0.25) is 10.1 Å². The van der Waals surface area contributed by atoms with Crippen molar-refractivity contribution in [2.75, 3.05) is 27.4 Å². The van der Waals surface area contributed by atoms with Gasteiger partial charge in [-0.05, 0) is 0 Å². The van der Waals surface area contributed by atoms with Crippen LogP contribution in [-0.2, 0) is 14.3 Å². The van der Waals surface area contributed by atoms with Crippen molar-refractivity contribution >= 4 is 11.9 Å². The standard InChI is InChI=1S/C7H12N2O4/c1-12-4-7(13-2)3-8-6(11)9-5(7)10/h3-4H2,1-2H3,(H2,8,9,10,11). The number of methoxy groups -OCH3 is 2. The molecule has 1 atom stereocenters. The van der Waals surface area contributed by atoms with Gasteiger partial charge in [0.05, 0.1) is 13.2 Å². The van der Waals surface area contributed by atoms with E-state index in [2.05, 4.69) is 10.6 Å². The van der Waals surface area contributed by atoms with Gasteiger partial charge in [0.2, 0.25) is 0 Å². The lowest BCUT2D eigenvalue weighted by Gasteiger charge is -2.33. The van der Waals surface area contributed by atoms with Crippen LogP contribution in [-0.4, -0.2) is 44.9 Å². The summed E-state index contributed by atoms with van der Waals surface area (Å²) in [4.78, 5) is 22.1. The maximum atomic E-state index is 11.4. The van der Waals surface area contributed by atoms with E-state index in [4.69, 9.17) is 9.47 Å². The van der Waals surface area contributed by atoms with E-state index in [1.807, 2.05) is 0 Å². The monoisotopic (exact) mass is 188 g/mol. The predicted octanol–water partition coefficient (Wildman–Crippen LogP) is -1.14. The fourth-order valence-corrected chi connectivity index (χ4v) is 1.14. The first-order valence-electron chi connectivity index (χ1n) is 3.78. The van der Waals surface area contributed by atoms with Crippen molar-refractivity contribution in [3.05, 3.63) is 0 Å². The molecule has 6 heteroatoms. The molecule has 74 valence electrons. The zero-order valence-electron chi connectivity index (χ0n) is 7.55. The molecule has 2 N–H and O–H groups in total. The summed E-state index contributed by atoms with van der Waals surface area (Å²) in [6.45, 7) is 0.234. The minimum Gasteiger partial charge on any atom is -0.381 e. The number of nitrogens with one attached hydrogen (secondary N) is 2. The van der Waals surface area contributed by atoms with Gasteiger partial charge < -0.3 is 14.8 Å². The summed E-state index contributed by atoms with van der Waals surface area (Å²) in [6, 6.07) is -0.506. The predicted molar refractivity (Wildman–Crippen MR) is 43.2 cm³/mol. The van der Waals surface area contributed by atoms with Crippen molar-refractivity contribution < 1.29 is 19.1 Å². The van der Waals surface area contributed by atoms with Gasteiger partial charge in [-0.1, -0.05) is 0 Å². The number of ether oxygens (including phenoxy) is 2. The minimum atomic E-state index is -1.09. The first kappa shape index (κ1) is 9.94. The molecular formula is C7H12N2O4. The number of rotatable bonds is 3. The van der Waals surface area contributed by atoms with Crippen LogP contribution in [0, 0.1) is 0 Å². The number of hydrogen-bond acceptors (Lipinski definition) is 4. The molecule has 0 aliphatic carbocycles. The first-order chi connectivity index (χ1) is 6.14. The first-order valence-corrected chi connectivity index (χ1v) is 3.78. The number of imide groups is 1. The Kier molecular flexibility index (Phi) is 2.84. The molecule has 0 aromatic rings. The highest BCUT2D eigenvalue weighted by molar-refractivity contribution is 6.01. The number of urea groups is 1. The Balaban J connectivity index is 2.74. The van der Waals surface area contributed by atoms with E-state index in [9.17, 15) is 9.59 Å². The van der Waals surface area contributed by atoms with Crippen molar-refractivity contribution in [3.63, 3.8) is 0 Å². The Bertz CT molecular complexity index is 231. The molecule has 1 heterocycles. The van der Waals surface area contributed by atoms with Crippen LogP contribution in [0.15, 0.2) is 0 Å². The van der Waals surface area contributed by atoms with E-state index in [1.54, 1.807) is 0 Å². The number of carbonyl (C=O) groups is 2. The van der Waals surface area contributed by atoms with E-state index in [0.717, 1.165) is 0 Å². The highest BCUT2D eigenvalue weighted by atomic mass is 16.5. The summed E-state index contributed by atoms with van der Waals surface area (Å²) in [5, 5.41) is 4.58. The molecule has 1 aliphatic heterocycles. The molecule has 0 spiro atoms. The van der Waals surface area contributed by atoms with Crippen molar-refractivity contribution in [3.8, 4) is 0 Å². The lowest BCUT2D eigenvalue weighted by molar-refractivity contribution is -0.150. The molecule has 0 aromatic heterocycles. The van der Waals surface area contributed by atoms with E-state index in [1.165, 1.54) is 14.2 Å². The van der Waals surface area contributed by atoms with Crippen LogP contribution >= 0.6 is 0 Å². The Labute approximate surface area is 75.6 Å². The average Bonchev–Trinajstić information content (AvgIpc) is 2.11. The second-order valence-corrected chi connectivity index (χ2v) is 2.77. The third-order valence-corrected chi connectivity index (χ3v) is 1.94. The molecule has 1 aliphatic rings. The van der Waals surface area contributed by atoms with Gasteiger partial charge >= 0.3 is 6.03 Å². The SMILES string of the molecule is COCC1(OC)CNC(=O)NC1=O. The van der Waals surface area contributed by atoms with Crippen molar-refractivity contribution in [2.24, 2.45) is 0 Å². The maximum Gasteiger partial charge on any atom is 0.321 e. The maximum absolute atomic E-state index is 11.4. The van der Waals surface area contributed by atoms with Gasteiger partial charge in [0.1, 0.15) is 0 Å². The second-order valence-electron chi connectivity index (χ2n) is 2.77. The summed E-state index contributed by atoms with van der Waals surface area (Å²) in [7, 11) is 2.86. The molecule has 0 aromatic carbocycles. The highest BCUT2D eigenvalue weighted by Gasteiger charge is 2.43. The van der Waals surface area contributed by atoms with Crippen molar-refractivity contribution in [1.29, 1.82) is 0 Å². The molecule has 6 nitrogen and oxygen atoms in total. The Morgan fingerprint density at radius 2 is 2.15 bits per heavy atom. The zero-order valence-corrected chi connectivity index (χ0v) is 7.55. The van der Waals surface area contributed by atoms with Crippen molar-refractivity contribution in [1.82, 2.24) is 10.6 Å². The third-order valence-electron chi connectivity index (χ3n) is 1.94. The molecule has 0 bridgehead atoms. The Morgan fingerprint density at radius 3 is 2.62 bits per heavy atom. The largest absolute Gasteiger partial charge is 0.381 e. The van der Waals surface area contributed by atoms with Crippen LogP contribution in [0.2, 0.25) is 0 Å². The zero-order chi connectivity index (χ0) is 9.90. The van der Waals surface area contributed by atoms with Gasteiger partial charge in [-0.15, -0.1) is 0 Å². The van der Waals surface area contributed by atoms with E-state index >= 15 is 0 Å². The lowest BCUT2D eigenvalue weighted by Crippen LogP contribution is -2.65. The molecular weight excluding hydrogens is 176 g/mol. The summed E-state index contributed by atoms with van der Waals surface area (Å²) in [5.74, 6) is -0.472. The summed E-state index contributed by atoms with van der Waals surface area (Å²) in [6.07, 6.45) is 0. The van der Waals surface area contributed by atoms with Crippen LogP contribution < -0.4 is 10.6 Å². The summed E-state index contributed by atoms with van der Waals surface area (Å²) in [5.41, 5.74) is -1.09. The molecule has 3 amide bonds. The smallest absolute Gasteiger partial charge is 0.321 e. The van der Waals surface area contributed by atoms with E-state index in [0.29, 0.717) is 0 Å². The van der Waals surface area contributed by atoms with Gasteiger partial charge in [-0.25, -0.2) is 4.79 Å². The minimum absolute atomic E-state index is 0.107. The van der Waals surface area contributed by atoms with Gasteiger partial charge in [0.25, 0.3) is 5.91 Å². The Morgan fingerprint density at radius 1 is 1.46 bits per heavy atom. The quantitative estimate of drug-likeness (QED) is 0.586. The van der Waals surface area contributed by atoms with Gasteiger partial charge in [0, 0.05) is 14.2 Å². The van der Waals surface area contributed by atoms with Gasteiger partial charge in [0.15, 0.2) is 5.60 Å². The molecule has 1 saturated heterocycles. The van der Waals surface area contributed by atoms with E-state index < -0.39 is 17.5 Å². The highest BCUT2D eigenvalue weighted by Crippen LogP contribution is 2.12. The van der Waals surface area contributed by atoms with Crippen LogP contribution in [0.1, 0.15) is 0 Å². The molecule has 1 fully saturated rings. The fourth-order valence-electron chi connectivity index (χ4n) is 1.14. The van der Waals surface area contributed by atoms with Crippen LogP contribution in [0.5, 0.6) is 0 Å². The summed E-state index contributed by atoms with van der Waals surface area (Å²) < 4.78 is 9.87. The average molecular weight is 188 g/mol.